The molecule has 1 fully saturated rings. The van der Waals surface area contributed by atoms with Crippen LogP contribution >= 0.6 is 11.6 Å². The van der Waals surface area contributed by atoms with E-state index < -0.39 is 18.4 Å². The number of hydrogen-bond acceptors (Lipinski definition) is 1. The van der Waals surface area contributed by atoms with Gasteiger partial charge in [0.05, 0.1) is 11.6 Å². The van der Waals surface area contributed by atoms with Gasteiger partial charge in [0, 0.05) is 11.6 Å². The van der Waals surface area contributed by atoms with E-state index in [4.69, 9.17) is 11.6 Å². The molecule has 0 aromatic heterocycles. The zero-order valence-corrected chi connectivity index (χ0v) is 8.94. The molecule has 1 rings (SSSR count). The highest BCUT2D eigenvalue weighted by Gasteiger charge is 2.35. The molecular formula is C10H12ClF2NO. The number of halogens is 3. The first-order valence-corrected chi connectivity index (χ1v) is 4.95. The van der Waals surface area contributed by atoms with E-state index >= 15 is 0 Å². The lowest BCUT2D eigenvalue weighted by molar-refractivity contribution is -0.130. The van der Waals surface area contributed by atoms with Crippen LogP contribution in [0, 0.1) is 0 Å². The topological polar surface area (TPSA) is 20.3 Å². The molecule has 1 atom stereocenters. The van der Waals surface area contributed by atoms with Gasteiger partial charge in [-0.05, 0) is 12.8 Å². The van der Waals surface area contributed by atoms with Gasteiger partial charge in [-0.15, -0.1) is 0 Å². The number of hydrogen-bond donors (Lipinski definition) is 0. The molecule has 0 saturated carbocycles. The summed E-state index contributed by atoms with van der Waals surface area (Å²) in [5.74, 6) is -0.544. The minimum atomic E-state index is -2.52. The van der Waals surface area contributed by atoms with E-state index in [1.165, 1.54) is 0 Å². The monoisotopic (exact) mass is 235 g/mol. The number of carbonyl (C=O) groups excluding carboxylic acids is 1. The molecule has 0 bridgehead atoms. The molecule has 1 aliphatic heterocycles. The summed E-state index contributed by atoms with van der Waals surface area (Å²) in [4.78, 5) is 12.8. The van der Waals surface area contributed by atoms with Crippen LogP contribution in [0.25, 0.3) is 0 Å². The number of rotatable bonds is 3. The third-order valence-electron chi connectivity index (χ3n) is 2.44. The summed E-state index contributed by atoms with van der Waals surface area (Å²) < 4.78 is 25.1. The van der Waals surface area contributed by atoms with Crippen molar-refractivity contribution >= 4 is 17.5 Å². The molecule has 0 aromatic carbocycles. The summed E-state index contributed by atoms with van der Waals surface area (Å²) >= 11 is 5.50. The Morgan fingerprint density at radius 2 is 2.07 bits per heavy atom. The summed E-state index contributed by atoms with van der Waals surface area (Å²) in [6, 6.07) is -1.01. The third-order valence-corrected chi connectivity index (χ3v) is 2.66. The number of amides is 1. The molecule has 15 heavy (non-hydrogen) atoms. The minimum Gasteiger partial charge on any atom is -0.330 e. The van der Waals surface area contributed by atoms with Crippen molar-refractivity contribution in [3.8, 4) is 0 Å². The maximum Gasteiger partial charge on any atom is 0.258 e. The Hall–Kier alpha value is -0.900. The number of carbonyl (C=O) groups is 1. The average Bonchev–Trinajstić information content (AvgIpc) is 2.63. The largest absolute Gasteiger partial charge is 0.330 e. The van der Waals surface area contributed by atoms with E-state index in [0.29, 0.717) is 19.4 Å². The standard InChI is InChI=1S/C10H12ClF2NO/c1-6(7(2)11)10(15)14-5-3-4-8(14)9(12)13/h8-9H,1-5H2. The second-order valence-electron chi connectivity index (χ2n) is 3.43. The molecular weight excluding hydrogens is 224 g/mol. The fourth-order valence-electron chi connectivity index (χ4n) is 1.60. The van der Waals surface area contributed by atoms with Gasteiger partial charge in [0.25, 0.3) is 12.3 Å². The molecule has 2 nitrogen and oxygen atoms in total. The first-order valence-electron chi connectivity index (χ1n) is 4.58. The van der Waals surface area contributed by atoms with Crippen molar-refractivity contribution in [2.75, 3.05) is 6.54 Å². The van der Waals surface area contributed by atoms with Crippen molar-refractivity contribution in [3.63, 3.8) is 0 Å². The molecule has 5 heteroatoms. The molecule has 1 unspecified atom stereocenters. The van der Waals surface area contributed by atoms with E-state index in [2.05, 4.69) is 13.2 Å². The van der Waals surface area contributed by atoms with Gasteiger partial charge in [0.1, 0.15) is 0 Å². The van der Waals surface area contributed by atoms with Crippen molar-refractivity contribution in [1.29, 1.82) is 0 Å². The van der Waals surface area contributed by atoms with E-state index in [1.807, 2.05) is 0 Å². The summed E-state index contributed by atoms with van der Waals surface area (Å²) in [5.41, 5.74) is -0.00998. The summed E-state index contributed by atoms with van der Waals surface area (Å²) in [5, 5.41) is -0.0000775. The lowest BCUT2D eigenvalue weighted by atomic mass is 10.2. The third kappa shape index (κ3) is 2.56. The number of alkyl halides is 2. The highest BCUT2D eigenvalue weighted by molar-refractivity contribution is 6.34. The van der Waals surface area contributed by atoms with Crippen LogP contribution in [-0.4, -0.2) is 29.8 Å². The van der Waals surface area contributed by atoms with Gasteiger partial charge in [0.2, 0.25) is 0 Å². The Balaban J connectivity index is 2.75. The zero-order valence-electron chi connectivity index (χ0n) is 8.18. The molecule has 0 spiro atoms. The van der Waals surface area contributed by atoms with Crippen molar-refractivity contribution < 1.29 is 13.6 Å². The second kappa shape index (κ2) is 4.75. The van der Waals surface area contributed by atoms with Gasteiger partial charge in [-0.3, -0.25) is 4.79 Å². The van der Waals surface area contributed by atoms with Crippen LogP contribution in [0.2, 0.25) is 0 Å². The number of nitrogens with zero attached hydrogens (tertiary/aromatic N) is 1. The molecule has 0 N–H and O–H groups in total. The van der Waals surface area contributed by atoms with Crippen molar-refractivity contribution in [3.05, 3.63) is 23.8 Å². The Bertz CT molecular complexity index is 304. The molecule has 84 valence electrons. The second-order valence-corrected chi connectivity index (χ2v) is 3.88. The summed E-state index contributed by atoms with van der Waals surface area (Å²) in [6.07, 6.45) is -1.61. The zero-order chi connectivity index (χ0) is 11.6. The maximum atomic E-state index is 12.5. The normalized spacial score (nSPS) is 20.8. The molecule has 0 aromatic rings. The molecule has 1 aliphatic rings. The first kappa shape index (κ1) is 12.2. The Morgan fingerprint density at radius 3 is 2.53 bits per heavy atom. The summed E-state index contributed by atoms with van der Waals surface area (Å²) in [7, 11) is 0. The van der Waals surface area contributed by atoms with Gasteiger partial charge < -0.3 is 4.90 Å². The quantitative estimate of drug-likeness (QED) is 0.544. The van der Waals surface area contributed by atoms with Crippen LogP contribution < -0.4 is 0 Å². The van der Waals surface area contributed by atoms with Crippen LogP contribution in [0.5, 0.6) is 0 Å². The first-order chi connectivity index (χ1) is 6.95. The molecule has 1 heterocycles. The molecule has 0 aliphatic carbocycles. The Labute approximate surface area is 92.2 Å². The van der Waals surface area contributed by atoms with E-state index in [1.54, 1.807) is 0 Å². The van der Waals surface area contributed by atoms with Gasteiger partial charge in [0.15, 0.2) is 0 Å². The van der Waals surface area contributed by atoms with Crippen LogP contribution in [0.1, 0.15) is 12.8 Å². The predicted octanol–water partition coefficient (Wildman–Crippen LogP) is 2.55. The highest BCUT2D eigenvalue weighted by Crippen LogP contribution is 2.26. The van der Waals surface area contributed by atoms with Crippen LogP contribution in [0.15, 0.2) is 23.8 Å². The van der Waals surface area contributed by atoms with Crippen LogP contribution in [-0.2, 0) is 4.79 Å². The van der Waals surface area contributed by atoms with E-state index in [0.717, 1.165) is 4.90 Å². The predicted molar refractivity (Wildman–Crippen MR) is 54.9 cm³/mol. The average molecular weight is 236 g/mol. The molecule has 1 amide bonds. The van der Waals surface area contributed by atoms with E-state index in [-0.39, 0.29) is 10.6 Å². The fraction of sp³-hybridized carbons (Fsp3) is 0.500. The van der Waals surface area contributed by atoms with Crippen LogP contribution in [0.3, 0.4) is 0 Å². The number of likely N-dealkylation sites (tertiary alicyclic amines) is 1. The van der Waals surface area contributed by atoms with Crippen LogP contribution in [0.4, 0.5) is 8.78 Å². The van der Waals surface area contributed by atoms with Gasteiger partial charge in [-0.1, -0.05) is 24.8 Å². The summed E-state index contributed by atoms with van der Waals surface area (Å²) in [6.45, 7) is 7.10. The molecule has 0 radical (unpaired) electrons. The van der Waals surface area contributed by atoms with Gasteiger partial charge in [-0.2, -0.15) is 0 Å². The van der Waals surface area contributed by atoms with Gasteiger partial charge in [-0.25, -0.2) is 8.78 Å². The Kier molecular flexibility index (Phi) is 3.85. The van der Waals surface area contributed by atoms with E-state index in [9.17, 15) is 13.6 Å². The van der Waals surface area contributed by atoms with Crippen molar-refractivity contribution in [2.24, 2.45) is 0 Å². The maximum absolute atomic E-state index is 12.5. The Morgan fingerprint density at radius 1 is 1.47 bits per heavy atom. The lowest BCUT2D eigenvalue weighted by Crippen LogP contribution is -2.40. The highest BCUT2D eigenvalue weighted by atomic mass is 35.5. The van der Waals surface area contributed by atoms with Crippen molar-refractivity contribution in [2.45, 2.75) is 25.3 Å². The molecule has 1 saturated heterocycles. The SMILES string of the molecule is C=C(Cl)C(=C)C(=O)N1CCCC1C(F)F. The minimum absolute atomic E-state index is 0.0000775. The van der Waals surface area contributed by atoms with Gasteiger partial charge >= 0.3 is 0 Å². The van der Waals surface area contributed by atoms with Crippen molar-refractivity contribution in [1.82, 2.24) is 4.90 Å². The lowest BCUT2D eigenvalue weighted by Gasteiger charge is -2.24. The fourth-order valence-corrected chi connectivity index (χ4v) is 1.68. The smallest absolute Gasteiger partial charge is 0.258 e.